The van der Waals surface area contributed by atoms with E-state index < -0.39 is 0 Å². The van der Waals surface area contributed by atoms with Gasteiger partial charge in [0.05, 0.1) is 5.69 Å². The van der Waals surface area contributed by atoms with Gasteiger partial charge in [-0.15, -0.1) is 0 Å². The zero-order valence-electron chi connectivity index (χ0n) is 10.5. The molecule has 0 saturated heterocycles. The van der Waals surface area contributed by atoms with Crippen molar-refractivity contribution in [3.05, 3.63) is 10.5 Å². The fraction of sp³-hybridized carbons (Fsp3) is 0.636. The highest BCUT2D eigenvalue weighted by Gasteiger charge is 2.22. The molecule has 0 fully saturated rings. The van der Waals surface area contributed by atoms with Crippen molar-refractivity contribution in [1.82, 2.24) is 19.3 Å². The largest absolute Gasteiger partial charge is 0.328 e. The maximum Gasteiger partial charge on any atom is 0.179 e. The van der Waals surface area contributed by atoms with Crippen LogP contribution in [0.2, 0.25) is 0 Å². The van der Waals surface area contributed by atoms with E-state index in [2.05, 4.69) is 42.3 Å². The summed E-state index contributed by atoms with van der Waals surface area (Å²) in [5.74, 6) is 0. The van der Waals surface area contributed by atoms with Crippen LogP contribution >= 0.6 is 12.2 Å². The van der Waals surface area contributed by atoms with Crippen molar-refractivity contribution in [3.63, 3.8) is 0 Å². The van der Waals surface area contributed by atoms with E-state index in [4.69, 9.17) is 12.2 Å². The zero-order valence-corrected chi connectivity index (χ0v) is 11.3. The summed E-state index contributed by atoms with van der Waals surface area (Å²) in [4.78, 5) is 3.27. The molecule has 0 aliphatic rings. The molecule has 2 heterocycles. The molecule has 0 atom stereocenters. The molecule has 16 heavy (non-hydrogen) atoms. The number of nitrogens with zero attached hydrogens (tertiary/aromatic N) is 3. The number of imidazole rings is 1. The summed E-state index contributed by atoms with van der Waals surface area (Å²) in [7, 11) is 1.96. The Labute approximate surface area is 100 Å². The molecule has 0 radical (unpaired) electrons. The van der Waals surface area contributed by atoms with Crippen molar-refractivity contribution in [2.45, 2.75) is 39.7 Å². The van der Waals surface area contributed by atoms with Crippen molar-refractivity contribution >= 4 is 23.4 Å². The number of hydrogen-bond acceptors (Lipinski definition) is 2. The molecule has 4 nitrogen and oxygen atoms in total. The van der Waals surface area contributed by atoms with Gasteiger partial charge in [-0.25, -0.2) is 0 Å². The third kappa shape index (κ3) is 1.50. The maximum atomic E-state index is 5.39. The summed E-state index contributed by atoms with van der Waals surface area (Å²) in [5.41, 5.74) is 3.19. The Bertz CT molecular complexity index is 579. The van der Waals surface area contributed by atoms with E-state index in [1.165, 1.54) is 0 Å². The molecule has 0 bridgehead atoms. The molecule has 88 valence electrons. The smallest absolute Gasteiger partial charge is 0.179 e. The van der Waals surface area contributed by atoms with E-state index in [-0.39, 0.29) is 5.54 Å². The third-order valence-corrected chi connectivity index (χ3v) is 3.03. The van der Waals surface area contributed by atoms with Crippen LogP contribution in [0.25, 0.3) is 11.2 Å². The molecular weight excluding hydrogens is 220 g/mol. The Kier molecular flexibility index (Phi) is 2.45. The minimum Gasteiger partial charge on any atom is -0.328 e. The minimum absolute atomic E-state index is 0.0336. The lowest BCUT2D eigenvalue weighted by molar-refractivity contribution is 0.397. The predicted octanol–water partition coefficient (Wildman–Crippen LogP) is 2.75. The Hall–Kier alpha value is -1.10. The van der Waals surface area contributed by atoms with Gasteiger partial charge in [-0.3, -0.25) is 9.25 Å². The van der Waals surface area contributed by atoms with Gasteiger partial charge in [-0.2, -0.15) is 5.10 Å². The number of nitrogens with one attached hydrogen (secondary N) is 1. The Balaban J connectivity index is 2.90. The molecule has 0 aliphatic heterocycles. The van der Waals surface area contributed by atoms with Crippen molar-refractivity contribution in [3.8, 4) is 0 Å². The summed E-state index contributed by atoms with van der Waals surface area (Å²) >= 11 is 5.39. The Morgan fingerprint density at radius 3 is 2.50 bits per heavy atom. The molecule has 0 saturated carbocycles. The van der Waals surface area contributed by atoms with Gasteiger partial charge in [0, 0.05) is 12.6 Å². The van der Waals surface area contributed by atoms with Gasteiger partial charge >= 0.3 is 0 Å². The first-order valence-electron chi connectivity index (χ1n) is 5.53. The predicted molar refractivity (Wildman–Crippen MR) is 68.3 cm³/mol. The van der Waals surface area contributed by atoms with Gasteiger partial charge in [0.15, 0.2) is 10.4 Å². The van der Waals surface area contributed by atoms with Crippen LogP contribution in [0.1, 0.15) is 33.4 Å². The van der Waals surface area contributed by atoms with Crippen molar-refractivity contribution < 1.29 is 0 Å². The fourth-order valence-electron chi connectivity index (χ4n) is 2.08. The third-order valence-electron chi connectivity index (χ3n) is 2.74. The standard InChI is InChI=1S/C11H18N4S/c1-6-7-8-9(14(5)13-7)15(10(16)12-8)11(2,3)4/h6H2,1-5H3,(H,12,16). The molecule has 5 heteroatoms. The van der Waals surface area contributed by atoms with Crippen molar-refractivity contribution in [1.29, 1.82) is 0 Å². The lowest BCUT2D eigenvalue weighted by Gasteiger charge is -2.21. The molecule has 2 aromatic heterocycles. The molecule has 0 spiro atoms. The van der Waals surface area contributed by atoms with Crippen LogP contribution < -0.4 is 0 Å². The molecule has 0 aromatic carbocycles. The highest BCUT2D eigenvalue weighted by atomic mass is 32.1. The maximum absolute atomic E-state index is 5.39. The van der Waals surface area contributed by atoms with Crippen molar-refractivity contribution in [2.24, 2.45) is 7.05 Å². The van der Waals surface area contributed by atoms with Gasteiger partial charge < -0.3 is 4.98 Å². The number of aromatic nitrogens is 4. The van der Waals surface area contributed by atoms with Crippen LogP contribution in [0.4, 0.5) is 0 Å². The monoisotopic (exact) mass is 238 g/mol. The van der Waals surface area contributed by atoms with Crippen LogP contribution in [-0.4, -0.2) is 19.3 Å². The topological polar surface area (TPSA) is 38.5 Å². The molecule has 0 amide bonds. The van der Waals surface area contributed by atoms with Gasteiger partial charge in [0.25, 0.3) is 0 Å². The van der Waals surface area contributed by atoms with Crippen LogP contribution in [-0.2, 0) is 19.0 Å². The second kappa shape index (κ2) is 3.45. The number of aryl methyl sites for hydroxylation is 2. The molecule has 2 aromatic rings. The number of fused-ring (bicyclic) bond motifs is 1. The van der Waals surface area contributed by atoms with Crippen LogP contribution in [0.15, 0.2) is 0 Å². The van der Waals surface area contributed by atoms with Crippen molar-refractivity contribution in [2.75, 3.05) is 0 Å². The first-order valence-corrected chi connectivity index (χ1v) is 5.94. The van der Waals surface area contributed by atoms with Gasteiger partial charge in [-0.05, 0) is 39.4 Å². The van der Waals surface area contributed by atoms with Gasteiger partial charge in [-0.1, -0.05) is 6.92 Å². The number of aromatic amines is 1. The summed E-state index contributed by atoms with van der Waals surface area (Å²) in [6, 6.07) is 0. The lowest BCUT2D eigenvalue weighted by atomic mass is 10.1. The minimum atomic E-state index is -0.0336. The van der Waals surface area contributed by atoms with E-state index in [0.29, 0.717) is 0 Å². The molecule has 0 unspecified atom stereocenters. The quantitative estimate of drug-likeness (QED) is 0.776. The van der Waals surface area contributed by atoms with Crippen LogP contribution in [0.5, 0.6) is 0 Å². The SMILES string of the molecule is CCc1nn(C)c2c1[nH]c(=S)n2C(C)(C)C. The average Bonchev–Trinajstić information content (AvgIpc) is 2.62. The second-order valence-corrected chi connectivity index (χ2v) is 5.45. The zero-order chi connectivity index (χ0) is 12.1. The van der Waals surface area contributed by atoms with Gasteiger partial charge in [0.2, 0.25) is 0 Å². The van der Waals surface area contributed by atoms with Gasteiger partial charge in [0.1, 0.15) is 5.52 Å². The number of rotatable bonds is 1. The Morgan fingerprint density at radius 1 is 1.38 bits per heavy atom. The molecule has 2 rings (SSSR count). The first-order chi connectivity index (χ1) is 7.36. The van der Waals surface area contributed by atoms with E-state index in [1.807, 2.05) is 11.7 Å². The normalized spacial score (nSPS) is 12.6. The Morgan fingerprint density at radius 2 is 2.00 bits per heavy atom. The summed E-state index contributed by atoms with van der Waals surface area (Å²) in [6.07, 6.45) is 0.913. The van der Waals surface area contributed by atoms with E-state index in [1.54, 1.807) is 0 Å². The van der Waals surface area contributed by atoms with E-state index in [0.717, 1.165) is 28.0 Å². The van der Waals surface area contributed by atoms with Crippen LogP contribution in [0, 0.1) is 4.77 Å². The summed E-state index contributed by atoms with van der Waals surface area (Å²) < 4.78 is 4.81. The highest BCUT2D eigenvalue weighted by Crippen LogP contribution is 2.24. The lowest BCUT2D eigenvalue weighted by Crippen LogP contribution is -2.23. The average molecular weight is 238 g/mol. The fourth-order valence-corrected chi connectivity index (χ4v) is 2.55. The molecule has 0 aliphatic carbocycles. The summed E-state index contributed by atoms with van der Waals surface area (Å²) in [6.45, 7) is 8.55. The number of hydrogen-bond donors (Lipinski definition) is 1. The highest BCUT2D eigenvalue weighted by molar-refractivity contribution is 7.71. The van der Waals surface area contributed by atoms with Crippen LogP contribution in [0.3, 0.4) is 0 Å². The number of H-pyrrole nitrogens is 1. The molecular formula is C11H18N4S. The molecule has 1 N–H and O–H groups in total. The first kappa shape index (κ1) is 11.4. The summed E-state index contributed by atoms with van der Waals surface area (Å²) in [5, 5.41) is 4.50. The second-order valence-electron chi connectivity index (χ2n) is 5.06. The van der Waals surface area contributed by atoms with E-state index in [9.17, 15) is 0 Å². The van der Waals surface area contributed by atoms with E-state index >= 15 is 0 Å².